The summed E-state index contributed by atoms with van der Waals surface area (Å²) >= 11 is 3.31. The molecular weight excluding hydrogens is 271 g/mol. The summed E-state index contributed by atoms with van der Waals surface area (Å²) in [5.74, 6) is -0.450. The number of Topliss-reactive ketones (excluding diaryl/α,β-unsaturated/α-hetero) is 1. The summed E-state index contributed by atoms with van der Waals surface area (Å²) in [5.41, 5.74) is 0.497. The molecular formula is C13H16BrFO. The molecule has 0 radical (unpaired) electrons. The lowest BCUT2D eigenvalue weighted by Gasteiger charge is -2.20. The van der Waals surface area contributed by atoms with Gasteiger partial charge in [0.05, 0.1) is 0 Å². The number of hydrogen-bond acceptors (Lipinski definition) is 1. The predicted octanol–water partition coefficient (Wildman–Crippen LogP) is 4.31. The van der Waals surface area contributed by atoms with Crippen molar-refractivity contribution in [1.82, 2.24) is 0 Å². The standard InChI is InChI=1S/C13H16BrFO/c1-4-12(16)13(8(2)3)10-7-9(14)5-6-11(10)15/h5-8,13H,4H2,1-3H3. The topological polar surface area (TPSA) is 17.1 Å². The Morgan fingerprint density at radius 1 is 1.44 bits per heavy atom. The average Bonchev–Trinajstić information content (AvgIpc) is 2.22. The molecule has 1 unspecified atom stereocenters. The lowest BCUT2D eigenvalue weighted by molar-refractivity contribution is -0.121. The molecule has 0 heterocycles. The maximum atomic E-state index is 13.7. The number of hydrogen-bond donors (Lipinski definition) is 0. The van der Waals surface area contributed by atoms with Crippen LogP contribution < -0.4 is 0 Å². The van der Waals surface area contributed by atoms with Crippen molar-refractivity contribution in [3.05, 3.63) is 34.1 Å². The van der Waals surface area contributed by atoms with E-state index in [4.69, 9.17) is 0 Å². The molecule has 0 aromatic heterocycles. The van der Waals surface area contributed by atoms with E-state index >= 15 is 0 Å². The van der Waals surface area contributed by atoms with Crippen molar-refractivity contribution in [2.75, 3.05) is 0 Å². The molecule has 0 N–H and O–H groups in total. The van der Waals surface area contributed by atoms with Crippen LogP contribution in [0.4, 0.5) is 4.39 Å². The molecule has 1 rings (SSSR count). The van der Waals surface area contributed by atoms with Crippen molar-refractivity contribution in [2.24, 2.45) is 5.92 Å². The maximum Gasteiger partial charge on any atom is 0.140 e. The van der Waals surface area contributed by atoms with Gasteiger partial charge in [0, 0.05) is 16.8 Å². The molecule has 0 saturated heterocycles. The van der Waals surface area contributed by atoms with Crippen LogP contribution >= 0.6 is 15.9 Å². The minimum Gasteiger partial charge on any atom is -0.299 e. The van der Waals surface area contributed by atoms with Crippen molar-refractivity contribution >= 4 is 21.7 Å². The largest absolute Gasteiger partial charge is 0.299 e. The van der Waals surface area contributed by atoms with Gasteiger partial charge >= 0.3 is 0 Å². The number of halogens is 2. The highest BCUT2D eigenvalue weighted by molar-refractivity contribution is 9.10. The van der Waals surface area contributed by atoms with Gasteiger partial charge in [-0.25, -0.2) is 4.39 Å². The molecule has 3 heteroatoms. The molecule has 1 atom stereocenters. The molecule has 0 bridgehead atoms. The Hall–Kier alpha value is -0.700. The first-order chi connectivity index (χ1) is 7.47. The Kier molecular flexibility index (Phi) is 4.66. The highest BCUT2D eigenvalue weighted by atomic mass is 79.9. The van der Waals surface area contributed by atoms with Crippen LogP contribution in [0.15, 0.2) is 22.7 Å². The van der Waals surface area contributed by atoms with Crippen molar-refractivity contribution in [2.45, 2.75) is 33.1 Å². The van der Waals surface area contributed by atoms with Crippen LogP contribution in [0.2, 0.25) is 0 Å². The predicted molar refractivity (Wildman–Crippen MR) is 67.0 cm³/mol. The van der Waals surface area contributed by atoms with Crippen LogP contribution in [0.3, 0.4) is 0 Å². The summed E-state index contributed by atoms with van der Waals surface area (Å²) in [6.45, 7) is 5.70. The molecule has 1 aromatic rings. The second kappa shape index (κ2) is 5.58. The highest BCUT2D eigenvalue weighted by Crippen LogP contribution is 2.30. The van der Waals surface area contributed by atoms with Gasteiger partial charge in [-0.05, 0) is 29.7 Å². The van der Waals surface area contributed by atoms with Crippen LogP contribution in [-0.2, 0) is 4.79 Å². The monoisotopic (exact) mass is 286 g/mol. The fourth-order valence-electron chi connectivity index (χ4n) is 1.88. The number of carbonyl (C=O) groups is 1. The zero-order valence-electron chi connectivity index (χ0n) is 9.76. The minimum atomic E-state index is -0.345. The lowest BCUT2D eigenvalue weighted by atomic mass is 9.84. The molecule has 0 spiro atoms. The first-order valence-electron chi connectivity index (χ1n) is 5.45. The molecule has 16 heavy (non-hydrogen) atoms. The Bertz CT molecular complexity index is 388. The van der Waals surface area contributed by atoms with E-state index in [1.54, 1.807) is 12.1 Å². The van der Waals surface area contributed by atoms with E-state index < -0.39 is 0 Å². The molecule has 1 aromatic carbocycles. The maximum absolute atomic E-state index is 13.7. The van der Waals surface area contributed by atoms with Crippen molar-refractivity contribution < 1.29 is 9.18 Å². The Morgan fingerprint density at radius 3 is 2.56 bits per heavy atom. The Morgan fingerprint density at radius 2 is 2.06 bits per heavy atom. The van der Waals surface area contributed by atoms with Gasteiger partial charge in [0.1, 0.15) is 11.6 Å². The number of rotatable bonds is 4. The van der Waals surface area contributed by atoms with Gasteiger partial charge in [-0.1, -0.05) is 36.7 Å². The fourth-order valence-corrected chi connectivity index (χ4v) is 2.26. The molecule has 0 saturated carbocycles. The van der Waals surface area contributed by atoms with Crippen molar-refractivity contribution in [3.8, 4) is 0 Å². The second-order valence-electron chi connectivity index (χ2n) is 4.21. The van der Waals surface area contributed by atoms with Gasteiger partial charge < -0.3 is 0 Å². The van der Waals surface area contributed by atoms with E-state index in [1.165, 1.54) is 6.07 Å². The fraction of sp³-hybridized carbons (Fsp3) is 0.462. The summed E-state index contributed by atoms with van der Waals surface area (Å²) < 4.78 is 14.5. The van der Waals surface area contributed by atoms with E-state index in [0.29, 0.717) is 12.0 Å². The normalized spacial score (nSPS) is 12.9. The summed E-state index contributed by atoms with van der Waals surface area (Å²) in [4.78, 5) is 11.8. The molecule has 0 fully saturated rings. The third kappa shape index (κ3) is 2.91. The smallest absolute Gasteiger partial charge is 0.140 e. The zero-order valence-corrected chi connectivity index (χ0v) is 11.3. The molecule has 0 aliphatic heterocycles. The Labute approximate surface area is 104 Å². The zero-order chi connectivity index (χ0) is 12.3. The molecule has 0 aliphatic rings. The molecule has 1 nitrogen and oxygen atoms in total. The SMILES string of the molecule is CCC(=O)C(c1cc(Br)ccc1F)C(C)C. The highest BCUT2D eigenvalue weighted by Gasteiger charge is 2.25. The Balaban J connectivity index is 3.20. The van der Waals surface area contributed by atoms with Gasteiger partial charge in [0.25, 0.3) is 0 Å². The lowest BCUT2D eigenvalue weighted by Crippen LogP contribution is -2.18. The molecule has 88 valence electrons. The van der Waals surface area contributed by atoms with Gasteiger partial charge in [-0.15, -0.1) is 0 Å². The first kappa shape index (κ1) is 13.4. The summed E-state index contributed by atoms with van der Waals surface area (Å²) in [5, 5.41) is 0. The third-order valence-corrected chi connectivity index (χ3v) is 3.15. The first-order valence-corrected chi connectivity index (χ1v) is 6.24. The quantitative estimate of drug-likeness (QED) is 0.806. The summed E-state index contributed by atoms with van der Waals surface area (Å²) in [6, 6.07) is 4.75. The molecule has 0 aliphatic carbocycles. The van der Waals surface area contributed by atoms with E-state index in [2.05, 4.69) is 15.9 Å². The van der Waals surface area contributed by atoms with Gasteiger partial charge in [0.15, 0.2) is 0 Å². The van der Waals surface area contributed by atoms with Gasteiger partial charge in [-0.2, -0.15) is 0 Å². The van der Waals surface area contributed by atoms with Crippen LogP contribution in [-0.4, -0.2) is 5.78 Å². The minimum absolute atomic E-state index is 0.0898. The van der Waals surface area contributed by atoms with E-state index in [0.717, 1.165) is 4.47 Å². The van der Waals surface area contributed by atoms with Gasteiger partial charge in [-0.3, -0.25) is 4.79 Å². The molecule has 0 amide bonds. The second-order valence-corrected chi connectivity index (χ2v) is 5.12. The van der Waals surface area contributed by atoms with Gasteiger partial charge in [0.2, 0.25) is 0 Å². The van der Waals surface area contributed by atoms with Crippen LogP contribution in [0.25, 0.3) is 0 Å². The van der Waals surface area contributed by atoms with Crippen LogP contribution in [0, 0.1) is 11.7 Å². The van der Waals surface area contributed by atoms with E-state index in [-0.39, 0.29) is 23.4 Å². The van der Waals surface area contributed by atoms with E-state index in [9.17, 15) is 9.18 Å². The third-order valence-electron chi connectivity index (χ3n) is 2.66. The van der Waals surface area contributed by atoms with E-state index in [1.807, 2.05) is 20.8 Å². The number of benzene rings is 1. The number of carbonyl (C=O) groups excluding carboxylic acids is 1. The van der Waals surface area contributed by atoms with Crippen molar-refractivity contribution in [1.29, 1.82) is 0 Å². The number of ketones is 1. The average molecular weight is 287 g/mol. The summed E-state index contributed by atoms with van der Waals surface area (Å²) in [6.07, 6.45) is 0.439. The van der Waals surface area contributed by atoms with Crippen molar-refractivity contribution in [3.63, 3.8) is 0 Å². The summed E-state index contributed by atoms with van der Waals surface area (Å²) in [7, 11) is 0. The van der Waals surface area contributed by atoms with Crippen LogP contribution in [0.5, 0.6) is 0 Å². The van der Waals surface area contributed by atoms with Crippen LogP contribution in [0.1, 0.15) is 38.7 Å².